The summed E-state index contributed by atoms with van der Waals surface area (Å²) in [5, 5.41) is 6.18. The average Bonchev–Trinajstić information content (AvgIpc) is 2.97. The van der Waals surface area contributed by atoms with Crippen LogP contribution in [0.15, 0.2) is 24.3 Å². The number of anilines is 1. The van der Waals surface area contributed by atoms with Crippen LogP contribution in [0.4, 0.5) is 5.00 Å². The number of benzene rings is 1. The van der Waals surface area contributed by atoms with E-state index in [1.807, 2.05) is 0 Å². The van der Waals surface area contributed by atoms with Gasteiger partial charge in [-0.25, -0.2) is 0 Å². The van der Waals surface area contributed by atoms with Gasteiger partial charge >= 0.3 is 0 Å². The molecule has 0 bridgehead atoms. The van der Waals surface area contributed by atoms with Gasteiger partial charge in [0.05, 0.1) is 5.56 Å². The summed E-state index contributed by atoms with van der Waals surface area (Å²) in [7, 11) is 1.60. The molecule has 0 aliphatic heterocycles. The van der Waals surface area contributed by atoms with Crippen LogP contribution < -0.4 is 10.6 Å². The van der Waals surface area contributed by atoms with Crippen molar-refractivity contribution in [2.75, 3.05) is 12.4 Å². The van der Waals surface area contributed by atoms with Crippen LogP contribution in [-0.4, -0.2) is 24.6 Å². The Morgan fingerprint density at radius 3 is 2.35 bits per heavy atom. The normalized spacial score (nSPS) is 15.9. The number of fused-ring (bicyclic) bond motifs is 1. The second-order valence-electron chi connectivity index (χ2n) is 6.72. The molecule has 0 spiro atoms. The number of carbonyl (C=O) groups excluding carboxylic acids is 3. The molecule has 1 aromatic heterocycles. The van der Waals surface area contributed by atoms with E-state index in [-0.39, 0.29) is 17.6 Å². The third kappa shape index (κ3) is 3.55. The largest absolute Gasteiger partial charge is 0.355 e. The molecule has 0 saturated heterocycles. The van der Waals surface area contributed by atoms with E-state index in [0.29, 0.717) is 27.6 Å². The molecule has 0 fully saturated rings. The number of rotatable bonds is 4. The molecule has 2 aromatic rings. The standard InChI is InChI=1S/C20H22N2O3S/c1-11-4-9-15-16(10-11)26-20(17(15)19(25)21-3)22-18(24)14-7-5-13(6-8-14)12(2)23/h5-8,11H,4,9-10H2,1-3H3,(H,21,25)(H,22,24). The second kappa shape index (κ2) is 7.41. The Morgan fingerprint density at radius 2 is 1.73 bits per heavy atom. The topological polar surface area (TPSA) is 75.3 Å². The van der Waals surface area contributed by atoms with Crippen molar-refractivity contribution < 1.29 is 14.4 Å². The SMILES string of the molecule is CNC(=O)c1c(NC(=O)c2ccc(C(C)=O)cc2)sc2c1CCC(C)C2. The average molecular weight is 370 g/mol. The van der Waals surface area contributed by atoms with E-state index in [4.69, 9.17) is 0 Å². The molecule has 0 radical (unpaired) electrons. The van der Waals surface area contributed by atoms with Gasteiger partial charge in [0.1, 0.15) is 5.00 Å². The fraction of sp³-hybridized carbons (Fsp3) is 0.350. The van der Waals surface area contributed by atoms with E-state index in [0.717, 1.165) is 24.8 Å². The minimum absolute atomic E-state index is 0.0427. The molecular weight excluding hydrogens is 348 g/mol. The molecule has 1 atom stereocenters. The number of ketones is 1. The smallest absolute Gasteiger partial charge is 0.256 e. The van der Waals surface area contributed by atoms with Crippen LogP contribution in [0.2, 0.25) is 0 Å². The first-order valence-electron chi connectivity index (χ1n) is 8.69. The monoisotopic (exact) mass is 370 g/mol. The minimum Gasteiger partial charge on any atom is -0.355 e. The minimum atomic E-state index is -0.281. The first kappa shape index (κ1) is 18.3. The van der Waals surface area contributed by atoms with Crippen LogP contribution in [0.1, 0.15) is 61.8 Å². The van der Waals surface area contributed by atoms with Crippen molar-refractivity contribution in [2.24, 2.45) is 5.92 Å². The fourth-order valence-corrected chi connectivity index (χ4v) is 4.64. The van der Waals surface area contributed by atoms with Gasteiger partial charge in [-0.05, 0) is 49.8 Å². The zero-order valence-corrected chi connectivity index (χ0v) is 16.0. The number of Topliss-reactive ketones (excluding diaryl/α,β-unsaturated/α-hetero) is 1. The highest BCUT2D eigenvalue weighted by Crippen LogP contribution is 2.39. The van der Waals surface area contributed by atoms with E-state index in [1.54, 1.807) is 31.3 Å². The predicted molar refractivity (Wildman–Crippen MR) is 103 cm³/mol. The Kier molecular flexibility index (Phi) is 5.23. The van der Waals surface area contributed by atoms with Gasteiger partial charge in [0.2, 0.25) is 0 Å². The van der Waals surface area contributed by atoms with Gasteiger partial charge in [-0.2, -0.15) is 0 Å². The highest BCUT2D eigenvalue weighted by atomic mass is 32.1. The Bertz CT molecular complexity index is 868. The fourth-order valence-electron chi connectivity index (χ4n) is 3.24. The highest BCUT2D eigenvalue weighted by Gasteiger charge is 2.28. The van der Waals surface area contributed by atoms with Gasteiger partial charge in [0, 0.05) is 23.1 Å². The van der Waals surface area contributed by atoms with Gasteiger partial charge in [0.25, 0.3) is 11.8 Å². The highest BCUT2D eigenvalue weighted by molar-refractivity contribution is 7.17. The van der Waals surface area contributed by atoms with Gasteiger partial charge in [-0.3, -0.25) is 14.4 Å². The number of nitrogens with one attached hydrogen (secondary N) is 2. The third-order valence-electron chi connectivity index (χ3n) is 4.75. The lowest BCUT2D eigenvalue weighted by molar-refractivity contribution is 0.0961. The molecule has 5 nitrogen and oxygen atoms in total. The summed E-state index contributed by atoms with van der Waals surface area (Å²) in [4.78, 5) is 37.6. The van der Waals surface area contributed by atoms with Gasteiger partial charge in [0.15, 0.2) is 5.78 Å². The number of hydrogen-bond donors (Lipinski definition) is 2. The molecule has 1 unspecified atom stereocenters. The first-order chi connectivity index (χ1) is 12.4. The van der Waals surface area contributed by atoms with Crippen LogP contribution in [0, 0.1) is 5.92 Å². The Balaban J connectivity index is 1.90. The molecule has 1 aliphatic carbocycles. The van der Waals surface area contributed by atoms with Crippen LogP contribution in [-0.2, 0) is 12.8 Å². The second-order valence-corrected chi connectivity index (χ2v) is 7.83. The van der Waals surface area contributed by atoms with Crippen molar-refractivity contribution in [1.82, 2.24) is 5.32 Å². The van der Waals surface area contributed by atoms with E-state index in [1.165, 1.54) is 23.1 Å². The third-order valence-corrected chi connectivity index (χ3v) is 5.92. The van der Waals surface area contributed by atoms with Crippen LogP contribution >= 0.6 is 11.3 Å². The van der Waals surface area contributed by atoms with Crippen molar-refractivity contribution in [2.45, 2.75) is 33.1 Å². The van der Waals surface area contributed by atoms with Crippen LogP contribution in [0.5, 0.6) is 0 Å². The number of amides is 2. The summed E-state index contributed by atoms with van der Waals surface area (Å²) in [6, 6.07) is 6.53. The summed E-state index contributed by atoms with van der Waals surface area (Å²) >= 11 is 1.49. The molecule has 26 heavy (non-hydrogen) atoms. The molecule has 2 amide bonds. The summed E-state index contributed by atoms with van der Waals surface area (Å²) in [5.74, 6) is 0.0939. The molecule has 1 aromatic carbocycles. The molecule has 1 aliphatic rings. The Labute approximate surface area is 156 Å². The van der Waals surface area contributed by atoms with Crippen molar-refractivity contribution >= 4 is 33.9 Å². The van der Waals surface area contributed by atoms with Gasteiger partial charge in [-0.15, -0.1) is 11.3 Å². The number of thiophene rings is 1. The van der Waals surface area contributed by atoms with Crippen molar-refractivity contribution in [1.29, 1.82) is 0 Å². The lowest BCUT2D eigenvalue weighted by Crippen LogP contribution is -2.22. The number of carbonyl (C=O) groups is 3. The predicted octanol–water partition coefficient (Wildman–Crippen LogP) is 3.69. The van der Waals surface area contributed by atoms with Crippen molar-refractivity contribution in [3.8, 4) is 0 Å². The molecule has 1 heterocycles. The van der Waals surface area contributed by atoms with E-state index < -0.39 is 0 Å². The summed E-state index contributed by atoms with van der Waals surface area (Å²) < 4.78 is 0. The van der Waals surface area contributed by atoms with E-state index >= 15 is 0 Å². The molecular formula is C20H22N2O3S. The lowest BCUT2D eigenvalue weighted by Gasteiger charge is -2.18. The maximum atomic E-state index is 12.6. The summed E-state index contributed by atoms with van der Waals surface area (Å²) in [6.45, 7) is 3.69. The summed E-state index contributed by atoms with van der Waals surface area (Å²) in [5.41, 5.74) is 2.67. The Hall–Kier alpha value is -2.47. The quantitative estimate of drug-likeness (QED) is 0.806. The van der Waals surface area contributed by atoms with E-state index in [2.05, 4.69) is 17.6 Å². The zero-order valence-electron chi connectivity index (χ0n) is 15.1. The van der Waals surface area contributed by atoms with Crippen molar-refractivity contribution in [3.63, 3.8) is 0 Å². The molecule has 6 heteroatoms. The van der Waals surface area contributed by atoms with Crippen LogP contribution in [0.25, 0.3) is 0 Å². The number of hydrogen-bond acceptors (Lipinski definition) is 4. The molecule has 136 valence electrons. The van der Waals surface area contributed by atoms with Gasteiger partial charge < -0.3 is 10.6 Å². The van der Waals surface area contributed by atoms with Crippen molar-refractivity contribution in [3.05, 3.63) is 51.4 Å². The molecule has 3 rings (SSSR count). The Morgan fingerprint density at radius 1 is 1.08 bits per heavy atom. The molecule has 2 N–H and O–H groups in total. The maximum Gasteiger partial charge on any atom is 0.256 e. The first-order valence-corrected chi connectivity index (χ1v) is 9.51. The van der Waals surface area contributed by atoms with E-state index in [9.17, 15) is 14.4 Å². The maximum absolute atomic E-state index is 12.6. The summed E-state index contributed by atoms with van der Waals surface area (Å²) in [6.07, 6.45) is 2.85. The van der Waals surface area contributed by atoms with Gasteiger partial charge in [-0.1, -0.05) is 19.1 Å². The van der Waals surface area contributed by atoms with Crippen LogP contribution in [0.3, 0.4) is 0 Å². The molecule has 0 saturated carbocycles. The lowest BCUT2D eigenvalue weighted by atomic mass is 9.88. The zero-order chi connectivity index (χ0) is 18.8.